The highest BCUT2D eigenvalue weighted by Gasteiger charge is 2.27. The fourth-order valence-electron chi connectivity index (χ4n) is 3.56. The van der Waals surface area contributed by atoms with Crippen LogP contribution in [0.4, 0.5) is 11.4 Å². The highest BCUT2D eigenvalue weighted by Crippen LogP contribution is 2.26. The van der Waals surface area contributed by atoms with Crippen molar-refractivity contribution in [2.75, 3.05) is 29.5 Å². The molecule has 9 heteroatoms. The molecule has 32 heavy (non-hydrogen) atoms. The largest absolute Gasteiger partial charge is 0.326 e. The second-order valence-corrected chi connectivity index (χ2v) is 10.8. The zero-order valence-corrected chi connectivity index (χ0v) is 20.0. The first-order valence-corrected chi connectivity index (χ1v) is 13.1. The van der Waals surface area contributed by atoms with Crippen molar-refractivity contribution in [2.24, 2.45) is 0 Å². The number of thioether (sulfide) groups is 1. The highest BCUT2D eigenvalue weighted by molar-refractivity contribution is 8.00. The molecule has 2 N–H and O–H groups in total. The molecular formula is C23H29N3O4S2. The standard InChI is InChI=1S/C23H29N3O4S2/c1-17-7-8-20(15-22(17)32(29,30)26-13-5-3-4-6-14-26)25-23(28)16-31-21-11-9-19(10-12-21)24-18(2)27/h7-12,15H,3-6,13-14,16H2,1-2H3,(H,24,27)(H,25,28). The number of carbonyl (C=O) groups is 2. The molecule has 2 amide bonds. The van der Waals surface area contributed by atoms with Gasteiger partial charge < -0.3 is 10.6 Å². The van der Waals surface area contributed by atoms with E-state index in [4.69, 9.17) is 0 Å². The van der Waals surface area contributed by atoms with Gasteiger partial charge in [-0.1, -0.05) is 18.9 Å². The minimum absolute atomic E-state index is 0.139. The van der Waals surface area contributed by atoms with Crippen molar-refractivity contribution in [3.8, 4) is 0 Å². The normalized spacial score (nSPS) is 15.1. The third-order valence-electron chi connectivity index (χ3n) is 5.20. The monoisotopic (exact) mass is 475 g/mol. The van der Waals surface area contributed by atoms with Crippen molar-refractivity contribution in [1.29, 1.82) is 0 Å². The van der Waals surface area contributed by atoms with E-state index in [0.29, 0.717) is 30.0 Å². The molecule has 1 heterocycles. The highest BCUT2D eigenvalue weighted by atomic mass is 32.2. The molecule has 1 saturated heterocycles. The summed E-state index contributed by atoms with van der Waals surface area (Å²) in [5.41, 5.74) is 1.83. The fraction of sp³-hybridized carbons (Fsp3) is 0.391. The number of nitrogens with one attached hydrogen (secondary N) is 2. The van der Waals surface area contributed by atoms with Crippen LogP contribution in [0.2, 0.25) is 0 Å². The Hall–Kier alpha value is -2.36. The zero-order chi connectivity index (χ0) is 23.1. The van der Waals surface area contributed by atoms with Crippen molar-refractivity contribution in [3.05, 3.63) is 48.0 Å². The van der Waals surface area contributed by atoms with E-state index in [0.717, 1.165) is 30.6 Å². The van der Waals surface area contributed by atoms with Crippen molar-refractivity contribution in [2.45, 2.75) is 49.3 Å². The number of carbonyl (C=O) groups excluding carboxylic acids is 2. The van der Waals surface area contributed by atoms with E-state index in [1.54, 1.807) is 41.6 Å². The van der Waals surface area contributed by atoms with Crippen LogP contribution < -0.4 is 10.6 Å². The number of sulfonamides is 1. The summed E-state index contributed by atoms with van der Waals surface area (Å²) >= 11 is 1.36. The Bertz CT molecular complexity index is 1060. The summed E-state index contributed by atoms with van der Waals surface area (Å²) in [5, 5.41) is 5.50. The van der Waals surface area contributed by atoms with Gasteiger partial charge in [0.05, 0.1) is 10.6 Å². The second kappa shape index (κ2) is 11.0. The van der Waals surface area contributed by atoms with E-state index < -0.39 is 10.0 Å². The number of amides is 2. The molecular weight excluding hydrogens is 446 g/mol. The average molecular weight is 476 g/mol. The van der Waals surface area contributed by atoms with E-state index in [1.165, 1.54) is 18.7 Å². The van der Waals surface area contributed by atoms with E-state index in [-0.39, 0.29) is 22.5 Å². The second-order valence-electron chi connectivity index (χ2n) is 7.84. The Morgan fingerprint density at radius 2 is 1.56 bits per heavy atom. The van der Waals surface area contributed by atoms with Crippen LogP contribution in [0.25, 0.3) is 0 Å². The van der Waals surface area contributed by atoms with Crippen LogP contribution in [-0.4, -0.2) is 43.4 Å². The molecule has 1 aliphatic heterocycles. The van der Waals surface area contributed by atoms with Crippen LogP contribution in [0.15, 0.2) is 52.3 Å². The zero-order valence-electron chi connectivity index (χ0n) is 18.4. The molecule has 0 aliphatic carbocycles. The molecule has 0 spiro atoms. The van der Waals surface area contributed by atoms with Crippen molar-refractivity contribution in [3.63, 3.8) is 0 Å². The van der Waals surface area contributed by atoms with Crippen molar-refractivity contribution < 1.29 is 18.0 Å². The number of rotatable bonds is 7. The molecule has 0 unspecified atom stereocenters. The van der Waals surface area contributed by atoms with Gasteiger partial charge in [-0.25, -0.2) is 8.42 Å². The van der Waals surface area contributed by atoms with Gasteiger partial charge in [-0.15, -0.1) is 11.8 Å². The van der Waals surface area contributed by atoms with Crippen LogP contribution in [0.1, 0.15) is 38.2 Å². The smallest absolute Gasteiger partial charge is 0.243 e. The van der Waals surface area contributed by atoms with Gasteiger partial charge in [0.15, 0.2) is 0 Å². The third-order valence-corrected chi connectivity index (χ3v) is 8.25. The summed E-state index contributed by atoms with van der Waals surface area (Å²) in [6.07, 6.45) is 3.85. The first-order valence-electron chi connectivity index (χ1n) is 10.7. The quantitative estimate of drug-likeness (QED) is 0.584. The summed E-state index contributed by atoms with van der Waals surface area (Å²) in [6.45, 7) is 4.30. The molecule has 2 aromatic rings. The van der Waals surface area contributed by atoms with Gasteiger partial charge >= 0.3 is 0 Å². The molecule has 3 rings (SSSR count). The minimum Gasteiger partial charge on any atom is -0.326 e. The lowest BCUT2D eigenvalue weighted by Gasteiger charge is -2.21. The number of hydrogen-bond donors (Lipinski definition) is 2. The van der Waals surface area contributed by atoms with Gasteiger partial charge in [0.2, 0.25) is 21.8 Å². The van der Waals surface area contributed by atoms with Crippen LogP contribution >= 0.6 is 11.8 Å². The molecule has 7 nitrogen and oxygen atoms in total. The van der Waals surface area contributed by atoms with E-state index in [9.17, 15) is 18.0 Å². The van der Waals surface area contributed by atoms with Gasteiger partial charge in [0, 0.05) is 36.3 Å². The van der Waals surface area contributed by atoms with Crippen molar-refractivity contribution >= 4 is 45.0 Å². The maximum absolute atomic E-state index is 13.2. The molecule has 0 radical (unpaired) electrons. The lowest BCUT2D eigenvalue weighted by Crippen LogP contribution is -2.32. The van der Waals surface area contributed by atoms with E-state index >= 15 is 0 Å². The summed E-state index contributed by atoms with van der Waals surface area (Å²) < 4.78 is 27.9. The number of aryl methyl sites for hydroxylation is 1. The molecule has 2 aromatic carbocycles. The van der Waals surface area contributed by atoms with Gasteiger partial charge in [0.1, 0.15) is 0 Å². The maximum atomic E-state index is 13.2. The summed E-state index contributed by atoms with van der Waals surface area (Å²) in [7, 11) is -3.60. The number of benzene rings is 2. The Morgan fingerprint density at radius 3 is 2.19 bits per heavy atom. The Kier molecular flexibility index (Phi) is 8.33. The minimum atomic E-state index is -3.60. The van der Waals surface area contributed by atoms with Gasteiger partial charge in [-0.3, -0.25) is 9.59 Å². The van der Waals surface area contributed by atoms with Crippen LogP contribution in [0.5, 0.6) is 0 Å². The topological polar surface area (TPSA) is 95.6 Å². The van der Waals surface area contributed by atoms with Crippen LogP contribution in [0.3, 0.4) is 0 Å². The fourth-order valence-corrected chi connectivity index (χ4v) is 6.03. The van der Waals surface area contributed by atoms with Crippen LogP contribution in [-0.2, 0) is 19.6 Å². The number of nitrogens with zero attached hydrogens (tertiary/aromatic N) is 1. The van der Waals surface area contributed by atoms with Crippen LogP contribution in [0, 0.1) is 6.92 Å². The van der Waals surface area contributed by atoms with Gasteiger partial charge in [-0.2, -0.15) is 4.31 Å². The summed E-state index contributed by atoms with van der Waals surface area (Å²) in [5.74, 6) is -0.176. The molecule has 0 bridgehead atoms. The predicted octanol–water partition coefficient (Wildman–Crippen LogP) is 4.25. The maximum Gasteiger partial charge on any atom is 0.243 e. The Balaban J connectivity index is 1.63. The van der Waals surface area contributed by atoms with E-state index in [2.05, 4.69) is 10.6 Å². The predicted molar refractivity (Wildman–Crippen MR) is 129 cm³/mol. The molecule has 0 aromatic heterocycles. The lowest BCUT2D eigenvalue weighted by atomic mass is 10.2. The SMILES string of the molecule is CC(=O)Nc1ccc(SCC(=O)Nc2ccc(C)c(S(=O)(=O)N3CCCCCC3)c2)cc1. The molecule has 172 valence electrons. The first kappa shape index (κ1) is 24.3. The molecule has 1 aliphatic rings. The number of anilines is 2. The van der Waals surface area contributed by atoms with E-state index in [1.807, 2.05) is 12.1 Å². The number of hydrogen-bond acceptors (Lipinski definition) is 5. The molecule has 0 atom stereocenters. The summed E-state index contributed by atoms with van der Waals surface area (Å²) in [4.78, 5) is 24.7. The summed E-state index contributed by atoms with van der Waals surface area (Å²) in [6, 6.07) is 12.2. The molecule has 1 fully saturated rings. The Morgan fingerprint density at radius 1 is 0.938 bits per heavy atom. The average Bonchev–Trinajstić information content (AvgIpc) is 3.04. The first-order chi connectivity index (χ1) is 15.3. The molecule has 0 saturated carbocycles. The van der Waals surface area contributed by atoms with Gasteiger partial charge in [0.25, 0.3) is 0 Å². The third kappa shape index (κ3) is 6.57. The van der Waals surface area contributed by atoms with Gasteiger partial charge in [-0.05, 0) is 61.7 Å². The Labute approximate surface area is 194 Å². The lowest BCUT2D eigenvalue weighted by molar-refractivity contribution is -0.114. The van der Waals surface area contributed by atoms with Crippen molar-refractivity contribution in [1.82, 2.24) is 4.31 Å².